The number of hydrogen-bond donors (Lipinski definition) is 3. The highest BCUT2D eigenvalue weighted by molar-refractivity contribution is 5.90. The van der Waals surface area contributed by atoms with E-state index in [1.165, 1.54) is 0 Å². The second-order valence-corrected chi connectivity index (χ2v) is 3.46. The molecule has 0 aromatic carbocycles. The molecule has 0 saturated carbocycles. The molecule has 0 radical (unpaired) electrons. The number of ether oxygens (including phenoxy) is 1. The second kappa shape index (κ2) is 7.75. The van der Waals surface area contributed by atoms with Crippen LogP contribution in [0.3, 0.4) is 0 Å². The van der Waals surface area contributed by atoms with E-state index in [1.807, 2.05) is 6.92 Å². The number of nitrogens with zero attached hydrogens (tertiary/aromatic N) is 2. The molecule has 1 rings (SSSR count). The number of amides is 1. The minimum atomic E-state index is -0.255. The number of aromatic amines is 1. The van der Waals surface area contributed by atoms with Crippen LogP contribution in [0.25, 0.3) is 0 Å². The number of H-pyrrole nitrogens is 1. The van der Waals surface area contributed by atoms with Crippen molar-refractivity contribution in [2.45, 2.75) is 13.3 Å². The average molecular weight is 241 g/mol. The molecule has 7 heteroatoms. The van der Waals surface area contributed by atoms with Crippen LogP contribution in [0.4, 0.5) is 0 Å². The molecular weight excluding hydrogens is 222 g/mol. The van der Waals surface area contributed by atoms with Gasteiger partial charge in [-0.3, -0.25) is 9.89 Å². The van der Waals surface area contributed by atoms with Crippen molar-refractivity contribution >= 4 is 5.91 Å². The van der Waals surface area contributed by atoms with E-state index in [1.54, 1.807) is 7.11 Å². The molecule has 0 atom stereocenters. The predicted octanol–water partition coefficient (Wildman–Crippen LogP) is -0.667. The fourth-order valence-electron chi connectivity index (χ4n) is 1.20. The lowest BCUT2D eigenvalue weighted by Gasteiger charge is -2.04. The van der Waals surface area contributed by atoms with Gasteiger partial charge in [-0.05, 0) is 0 Å². The van der Waals surface area contributed by atoms with Gasteiger partial charge in [-0.2, -0.15) is 0 Å². The van der Waals surface area contributed by atoms with Crippen LogP contribution in [0.2, 0.25) is 0 Å². The van der Waals surface area contributed by atoms with Gasteiger partial charge in [0, 0.05) is 33.2 Å². The second-order valence-electron chi connectivity index (χ2n) is 3.46. The van der Waals surface area contributed by atoms with Gasteiger partial charge in [0.25, 0.3) is 5.91 Å². The third-order valence-corrected chi connectivity index (χ3v) is 2.14. The molecule has 1 amide bonds. The molecule has 96 valence electrons. The van der Waals surface area contributed by atoms with Crippen LogP contribution < -0.4 is 10.6 Å². The summed E-state index contributed by atoms with van der Waals surface area (Å²) in [7, 11) is 1.65. The molecule has 0 unspecified atom stereocenters. The van der Waals surface area contributed by atoms with Gasteiger partial charge in [0.15, 0.2) is 0 Å². The third-order valence-electron chi connectivity index (χ3n) is 2.14. The van der Waals surface area contributed by atoms with Crippen molar-refractivity contribution < 1.29 is 9.53 Å². The number of aromatic nitrogens is 3. The lowest BCUT2D eigenvalue weighted by Crippen LogP contribution is -2.33. The van der Waals surface area contributed by atoms with E-state index >= 15 is 0 Å². The number of carbonyl (C=O) groups excluding carboxylic acids is 1. The van der Waals surface area contributed by atoms with Crippen molar-refractivity contribution in [1.82, 2.24) is 25.8 Å². The van der Waals surface area contributed by atoms with E-state index < -0.39 is 0 Å². The van der Waals surface area contributed by atoms with E-state index in [9.17, 15) is 4.79 Å². The summed E-state index contributed by atoms with van der Waals surface area (Å²) in [5.74, 6) is 0.654. The minimum absolute atomic E-state index is 0.193. The summed E-state index contributed by atoms with van der Waals surface area (Å²) in [6.07, 6.45) is 0.735. The molecule has 17 heavy (non-hydrogen) atoms. The third kappa shape index (κ3) is 4.92. The maximum Gasteiger partial charge on any atom is 0.291 e. The Labute approximate surface area is 100 Å². The lowest BCUT2D eigenvalue weighted by atomic mass is 10.4. The molecule has 0 spiro atoms. The molecule has 7 nitrogen and oxygen atoms in total. The van der Waals surface area contributed by atoms with Gasteiger partial charge in [0.1, 0.15) is 5.82 Å². The molecule has 0 saturated heterocycles. The van der Waals surface area contributed by atoms with Crippen LogP contribution in [0.5, 0.6) is 0 Å². The maximum absolute atomic E-state index is 11.6. The zero-order chi connectivity index (χ0) is 12.5. The summed E-state index contributed by atoms with van der Waals surface area (Å²) in [5.41, 5.74) is 0. The fraction of sp³-hybridized carbons (Fsp3) is 0.700. The van der Waals surface area contributed by atoms with Gasteiger partial charge in [-0.25, -0.2) is 4.98 Å². The first-order valence-electron chi connectivity index (χ1n) is 5.67. The molecule has 3 N–H and O–H groups in total. The van der Waals surface area contributed by atoms with Crippen LogP contribution in [0.15, 0.2) is 0 Å². The first-order chi connectivity index (χ1) is 8.27. The van der Waals surface area contributed by atoms with Gasteiger partial charge in [0.2, 0.25) is 5.82 Å². The topological polar surface area (TPSA) is 91.9 Å². The Morgan fingerprint density at radius 2 is 2.24 bits per heavy atom. The summed E-state index contributed by atoms with van der Waals surface area (Å²) in [6, 6.07) is 0. The van der Waals surface area contributed by atoms with Gasteiger partial charge < -0.3 is 15.4 Å². The summed E-state index contributed by atoms with van der Waals surface area (Å²) in [6.45, 7) is 4.61. The Morgan fingerprint density at radius 1 is 1.41 bits per heavy atom. The quantitative estimate of drug-likeness (QED) is 0.525. The smallest absolute Gasteiger partial charge is 0.291 e. The van der Waals surface area contributed by atoms with Crippen molar-refractivity contribution in [3.8, 4) is 0 Å². The zero-order valence-electron chi connectivity index (χ0n) is 10.2. The number of nitrogens with one attached hydrogen (secondary N) is 3. The van der Waals surface area contributed by atoms with E-state index in [-0.39, 0.29) is 11.7 Å². The van der Waals surface area contributed by atoms with Gasteiger partial charge >= 0.3 is 0 Å². The molecule has 0 aliphatic rings. The predicted molar refractivity (Wildman–Crippen MR) is 62.8 cm³/mol. The monoisotopic (exact) mass is 241 g/mol. The summed E-state index contributed by atoms with van der Waals surface area (Å²) in [4.78, 5) is 15.6. The lowest BCUT2D eigenvalue weighted by molar-refractivity contribution is 0.0943. The highest BCUT2D eigenvalue weighted by Crippen LogP contribution is 1.92. The first kappa shape index (κ1) is 13.6. The molecule has 0 fully saturated rings. The van der Waals surface area contributed by atoms with Gasteiger partial charge in [0.05, 0.1) is 6.61 Å². The van der Waals surface area contributed by atoms with Crippen molar-refractivity contribution in [2.75, 3.05) is 33.4 Å². The first-order valence-corrected chi connectivity index (χ1v) is 5.67. The standard InChI is InChI=1S/C10H19N5O2/c1-3-8-13-9(15-14-8)10(16)12-5-4-11-6-7-17-2/h11H,3-7H2,1-2H3,(H,12,16)(H,13,14,15). The highest BCUT2D eigenvalue weighted by atomic mass is 16.5. The fourth-order valence-corrected chi connectivity index (χ4v) is 1.20. The van der Waals surface area contributed by atoms with Gasteiger partial charge in [-0.15, -0.1) is 5.10 Å². The number of methoxy groups -OCH3 is 1. The summed E-state index contributed by atoms with van der Waals surface area (Å²) in [5, 5.41) is 12.4. The zero-order valence-corrected chi connectivity index (χ0v) is 10.2. The van der Waals surface area contributed by atoms with Crippen molar-refractivity contribution in [3.05, 3.63) is 11.6 Å². The van der Waals surface area contributed by atoms with E-state index in [4.69, 9.17) is 4.74 Å². The maximum atomic E-state index is 11.6. The van der Waals surface area contributed by atoms with Crippen LogP contribution >= 0.6 is 0 Å². The number of carbonyl (C=O) groups is 1. The molecule has 1 heterocycles. The van der Waals surface area contributed by atoms with Crippen LogP contribution in [0.1, 0.15) is 23.4 Å². The largest absolute Gasteiger partial charge is 0.383 e. The SMILES string of the molecule is CCc1nc(C(=O)NCCNCCOC)n[nH]1. The Balaban J connectivity index is 2.16. The number of aryl methyl sites for hydroxylation is 1. The van der Waals surface area contributed by atoms with Gasteiger partial charge in [-0.1, -0.05) is 6.92 Å². The van der Waals surface area contributed by atoms with E-state index in [0.717, 1.165) is 13.0 Å². The Hall–Kier alpha value is -1.47. The molecule has 0 aliphatic carbocycles. The molecular formula is C10H19N5O2. The molecule has 1 aromatic heterocycles. The van der Waals surface area contributed by atoms with Crippen LogP contribution in [-0.4, -0.2) is 54.4 Å². The Bertz CT molecular complexity index is 339. The van der Waals surface area contributed by atoms with Crippen molar-refractivity contribution in [2.24, 2.45) is 0 Å². The average Bonchev–Trinajstić information content (AvgIpc) is 2.82. The normalized spacial score (nSPS) is 10.5. The van der Waals surface area contributed by atoms with Crippen molar-refractivity contribution in [1.29, 1.82) is 0 Å². The van der Waals surface area contributed by atoms with Crippen molar-refractivity contribution in [3.63, 3.8) is 0 Å². The molecule has 0 bridgehead atoms. The Morgan fingerprint density at radius 3 is 2.88 bits per heavy atom. The minimum Gasteiger partial charge on any atom is -0.383 e. The Kier molecular flexibility index (Phi) is 6.19. The molecule has 0 aliphatic heterocycles. The summed E-state index contributed by atoms with van der Waals surface area (Å²) >= 11 is 0. The van der Waals surface area contributed by atoms with E-state index in [2.05, 4.69) is 25.8 Å². The van der Waals surface area contributed by atoms with E-state index in [0.29, 0.717) is 25.5 Å². The van der Waals surface area contributed by atoms with Crippen LogP contribution in [0, 0.1) is 0 Å². The number of rotatable bonds is 8. The highest BCUT2D eigenvalue weighted by Gasteiger charge is 2.10. The molecule has 1 aromatic rings. The number of hydrogen-bond acceptors (Lipinski definition) is 5. The summed E-state index contributed by atoms with van der Waals surface area (Å²) < 4.78 is 4.88. The van der Waals surface area contributed by atoms with Crippen LogP contribution in [-0.2, 0) is 11.2 Å².